The Morgan fingerprint density at radius 1 is 1.19 bits per heavy atom. The fourth-order valence-electron chi connectivity index (χ4n) is 2.65. The molecule has 0 N–H and O–H groups in total. The minimum Gasteiger partial charge on any atom is -0.383 e. The van der Waals surface area contributed by atoms with Crippen molar-refractivity contribution in [2.24, 2.45) is 4.99 Å². The zero-order chi connectivity index (χ0) is 19.4. The van der Waals surface area contributed by atoms with Gasteiger partial charge < -0.3 is 9.30 Å². The maximum Gasteiger partial charge on any atom is 0.279 e. The number of thiazole rings is 1. The summed E-state index contributed by atoms with van der Waals surface area (Å²) in [6.07, 6.45) is 0. The maximum absolute atomic E-state index is 12.7. The summed E-state index contributed by atoms with van der Waals surface area (Å²) in [6, 6.07) is 13.8. The van der Waals surface area contributed by atoms with E-state index in [9.17, 15) is 13.2 Å². The van der Waals surface area contributed by atoms with Crippen LogP contribution in [0.15, 0.2) is 58.4 Å². The molecule has 3 aromatic rings. The Morgan fingerprint density at radius 2 is 1.96 bits per heavy atom. The van der Waals surface area contributed by atoms with E-state index in [1.165, 1.54) is 23.5 Å². The zero-order valence-electron chi connectivity index (χ0n) is 15.1. The third-order valence-corrected chi connectivity index (χ3v) is 6.92. The molecule has 8 heteroatoms. The van der Waals surface area contributed by atoms with Crippen molar-refractivity contribution in [2.75, 3.05) is 19.5 Å². The number of carbonyl (C=O) groups is 1. The highest BCUT2D eigenvalue weighted by atomic mass is 32.2. The van der Waals surface area contributed by atoms with Crippen LogP contribution < -0.4 is 4.80 Å². The SMILES string of the molecule is CCS(=O)(=O)c1cccc(C(=O)N=c2sc3ccccc3n2CCOC)c1. The number of amides is 1. The molecular weight excluding hydrogens is 384 g/mol. The molecule has 0 radical (unpaired) electrons. The molecule has 0 saturated carbocycles. The highest BCUT2D eigenvalue weighted by Crippen LogP contribution is 2.17. The molecule has 3 rings (SSSR count). The molecule has 2 aromatic carbocycles. The third-order valence-electron chi connectivity index (χ3n) is 4.12. The molecule has 1 amide bonds. The zero-order valence-corrected chi connectivity index (χ0v) is 16.7. The Balaban J connectivity index is 2.07. The van der Waals surface area contributed by atoms with Crippen molar-refractivity contribution in [1.82, 2.24) is 4.57 Å². The first-order valence-corrected chi connectivity index (χ1v) is 10.9. The number of sulfone groups is 1. The second kappa shape index (κ2) is 8.16. The monoisotopic (exact) mass is 404 g/mol. The number of hydrogen-bond acceptors (Lipinski definition) is 5. The van der Waals surface area contributed by atoms with E-state index >= 15 is 0 Å². The van der Waals surface area contributed by atoms with Crippen molar-refractivity contribution in [3.8, 4) is 0 Å². The van der Waals surface area contributed by atoms with Crippen LogP contribution in [0.25, 0.3) is 10.2 Å². The second-order valence-corrected chi connectivity index (χ2v) is 9.13. The van der Waals surface area contributed by atoms with Gasteiger partial charge in [0.05, 0.1) is 27.5 Å². The maximum atomic E-state index is 12.7. The number of ether oxygens (including phenoxy) is 1. The summed E-state index contributed by atoms with van der Waals surface area (Å²) in [5.41, 5.74) is 1.23. The molecule has 6 nitrogen and oxygen atoms in total. The Kier molecular flexibility index (Phi) is 5.88. The lowest BCUT2D eigenvalue weighted by atomic mass is 10.2. The fraction of sp³-hybridized carbons (Fsp3) is 0.263. The minimum absolute atomic E-state index is 0.0187. The van der Waals surface area contributed by atoms with E-state index in [4.69, 9.17) is 4.74 Å². The van der Waals surface area contributed by atoms with Gasteiger partial charge in [0.1, 0.15) is 0 Å². The lowest BCUT2D eigenvalue weighted by Gasteiger charge is -2.04. The predicted molar refractivity (Wildman–Crippen MR) is 106 cm³/mol. The van der Waals surface area contributed by atoms with Crippen LogP contribution in [0, 0.1) is 0 Å². The first-order chi connectivity index (χ1) is 13.0. The van der Waals surface area contributed by atoms with Gasteiger partial charge in [-0.15, -0.1) is 0 Å². The van der Waals surface area contributed by atoms with Crippen molar-refractivity contribution in [1.29, 1.82) is 0 Å². The normalized spacial score (nSPS) is 12.6. The van der Waals surface area contributed by atoms with Gasteiger partial charge in [0.15, 0.2) is 14.6 Å². The standard InChI is InChI=1S/C19H20N2O4S2/c1-3-27(23,24)15-8-6-7-14(13-15)18(22)20-19-21(11-12-25-2)16-9-4-5-10-17(16)26-19/h4-10,13H,3,11-12H2,1-2H3. The Hall–Kier alpha value is -2.29. The molecule has 0 aliphatic carbocycles. The molecule has 0 aliphatic rings. The number of benzene rings is 2. The van der Waals surface area contributed by atoms with Gasteiger partial charge in [-0.25, -0.2) is 8.42 Å². The van der Waals surface area contributed by atoms with Gasteiger partial charge in [-0.2, -0.15) is 4.99 Å². The van der Waals surface area contributed by atoms with Crippen molar-refractivity contribution >= 4 is 37.3 Å². The van der Waals surface area contributed by atoms with Gasteiger partial charge in [0.25, 0.3) is 5.91 Å². The van der Waals surface area contributed by atoms with Gasteiger partial charge in [-0.05, 0) is 30.3 Å². The van der Waals surface area contributed by atoms with Crippen LogP contribution in [-0.4, -0.2) is 38.4 Å². The van der Waals surface area contributed by atoms with E-state index in [1.807, 2.05) is 28.8 Å². The summed E-state index contributed by atoms with van der Waals surface area (Å²) in [7, 11) is -1.76. The largest absolute Gasteiger partial charge is 0.383 e. The van der Waals surface area contributed by atoms with Gasteiger partial charge in [-0.3, -0.25) is 4.79 Å². The summed E-state index contributed by atoms with van der Waals surface area (Å²) in [5.74, 6) is -0.490. The molecule has 1 heterocycles. The summed E-state index contributed by atoms with van der Waals surface area (Å²) >= 11 is 1.41. The molecule has 0 atom stereocenters. The quantitative estimate of drug-likeness (QED) is 0.633. The van der Waals surface area contributed by atoms with Crippen LogP contribution in [0.3, 0.4) is 0 Å². The van der Waals surface area contributed by atoms with E-state index < -0.39 is 15.7 Å². The molecule has 142 valence electrons. The molecule has 0 saturated heterocycles. The van der Waals surface area contributed by atoms with E-state index in [0.29, 0.717) is 18.0 Å². The molecule has 27 heavy (non-hydrogen) atoms. The van der Waals surface area contributed by atoms with Crippen LogP contribution >= 0.6 is 11.3 Å². The Bertz CT molecular complexity index is 1140. The third kappa shape index (κ3) is 4.18. The topological polar surface area (TPSA) is 77.7 Å². The average Bonchev–Trinajstić information content (AvgIpc) is 3.03. The number of rotatable bonds is 6. The van der Waals surface area contributed by atoms with Gasteiger partial charge in [0, 0.05) is 19.2 Å². The molecule has 0 unspecified atom stereocenters. The average molecular weight is 405 g/mol. The summed E-state index contributed by atoms with van der Waals surface area (Å²) in [6.45, 7) is 2.63. The number of para-hydroxylation sites is 1. The smallest absolute Gasteiger partial charge is 0.279 e. The summed E-state index contributed by atoms with van der Waals surface area (Å²) < 4.78 is 32.3. The van der Waals surface area contributed by atoms with E-state index in [-0.39, 0.29) is 16.2 Å². The minimum atomic E-state index is -3.38. The molecular formula is C19H20N2O4S2. The number of hydrogen-bond donors (Lipinski definition) is 0. The first kappa shape index (κ1) is 19.5. The highest BCUT2D eigenvalue weighted by Gasteiger charge is 2.15. The summed E-state index contributed by atoms with van der Waals surface area (Å²) in [5, 5.41) is 0. The van der Waals surface area contributed by atoms with E-state index in [0.717, 1.165) is 10.2 Å². The lowest BCUT2D eigenvalue weighted by Crippen LogP contribution is -2.19. The highest BCUT2D eigenvalue weighted by molar-refractivity contribution is 7.91. The first-order valence-electron chi connectivity index (χ1n) is 8.45. The lowest BCUT2D eigenvalue weighted by molar-refractivity contribution is 0.0997. The fourth-order valence-corrected chi connectivity index (χ4v) is 4.63. The van der Waals surface area contributed by atoms with Gasteiger partial charge in [-0.1, -0.05) is 36.5 Å². The molecule has 0 bridgehead atoms. The van der Waals surface area contributed by atoms with Crippen LogP contribution in [0.4, 0.5) is 0 Å². The van der Waals surface area contributed by atoms with Gasteiger partial charge in [0.2, 0.25) is 0 Å². The van der Waals surface area contributed by atoms with Crippen molar-refractivity contribution in [3.63, 3.8) is 0 Å². The molecule has 0 spiro atoms. The number of carbonyl (C=O) groups excluding carboxylic acids is 1. The van der Waals surface area contributed by atoms with Crippen LogP contribution in [0.5, 0.6) is 0 Å². The van der Waals surface area contributed by atoms with Crippen molar-refractivity contribution in [2.45, 2.75) is 18.4 Å². The Morgan fingerprint density at radius 3 is 2.70 bits per heavy atom. The molecule has 1 aromatic heterocycles. The van der Waals surface area contributed by atoms with E-state index in [2.05, 4.69) is 4.99 Å². The van der Waals surface area contributed by atoms with Gasteiger partial charge >= 0.3 is 0 Å². The summed E-state index contributed by atoms with van der Waals surface area (Å²) in [4.78, 5) is 17.6. The Labute approximate surface area is 161 Å². The van der Waals surface area contributed by atoms with Crippen molar-refractivity contribution in [3.05, 3.63) is 58.9 Å². The number of aromatic nitrogens is 1. The van der Waals surface area contributed by atoms with Crippen LogP contribution in [-0.2, 0) is 21.1 Å². The molecule has 0 aliphatic heterocycles. The number of methoxy groups -OCH3 is 1. The van der Waals surface area contributed by atoms with E-state index in [1.54, 1.807) is 26.2 Å². The van der Waals surface area contributed by atoms with Crippen LogP contribution in [0.1, 0.15) is 17.3 Å². The number of nitrogens with zero attached hydrogens (tertiary/aromatic N) is 2. The predicted octanol–water partition coefficient (Wildman–Crippen LogP) is 2.88. The number of fused-ring (bicyclic) bond motifs is 1. The van der Waals surface area contributed by atoms with Crippen LogP contribution in [0.2, 0.25) is 0 Å². The second-order valence-electron chi connectivity index (χ2n) is 5.85. The molecule has 0 fully saturated rings. The van der Waals surface area contributed by atoms with Crippen molar-refractivity contribution < 1.29 is 17.9 Å².